The second-order valence-corrected chi connectivity index (χ2v) is 8.69. The summed E-state index contributed by atoms with van der Waals surface area (Å²) >= 11 is 0. The van der Waals surface area contributed by atoms with Gasteiger partial charge < -0.3 is 4.90 Å². The molecule has 7 heteroatoms. The summed E-state index contributed by atoms with van der Waals surface area (Å²) in [6.45, 7) is -0.110. The van der Waals surface area contributed by atoms with E-state index in [9.17, 15) is 17.6 Å². The molecule has 0 saturated carbocycles. The van der Waals surface area contributed by atoms with Crippen LogP contribution in [0.4, 0.5) is 4.39 Å². The third-order valence-electron chi connectivity index (χ3n) is 4.52. The predicted octanol–water partition coefficient (Wildman–Crippen LogP) is 3.26. The maximum atomic E-state index is 13.3. The van der Waals surface area contributed by atoms with Gasteiger partial charge in [0.25, 0.3) is 0 Å². The fraction of sp³-hybridized carbons (Fsp3) is 0.190. The zero-order valence-electron chi connectivity index (χ0n) is 15.7. The Kier molecular flexibility index (Phi) is 5.76. The number of hydrogen-bond acceptors (Lipinski definition) is 3. The van der Waals surface area contributed by atoms with Crippen molar-refractivity contribution in [2.24, 2.45) is 0 Å². The number of halogens is 1. The molecule has 5 nitrogen and oxygen atoms in total. The van der Waals surface area contributed by atoms with Crippen molar-refractivity contribution in [2.75, 3.05) is 20.6 Å². The van der Waals surface area contributed by atoms with E-state index < -0.39 is 10.0 Å². The van der Waals surface area contributed by atoms with E-state index in [1.165, 1.54) is 30.1 Å². The first-order chi connectivity index (χ1) is 13.3. The van der Waals surface area contributed by atoms with Crippen molar-refractivity contribution in [2.45, 2.75) is 11.4 Å². The standard InChI is InChI=1S/C21H21FN2O3S/c1-23(14-16-6-5-9-19(22)12-16)21(25)15-24(2)28(26,27)20-11-10-17-7-3-4-8-18(17)13-20/h3-13H,14-15H2,1-2H3. The minimum atomic E-state index is -3.81. The first-order valence-electron chi connectivity index (χ1n) is 8.71. The topological polar surface area (TPSA) is 57.7 Å². The van der Waals surface area contributed by atoms with Gasteiger partial charge in [-0.2, -0.15) is 4.31 Å². The normalized spacial score (nSPS) is 11.7. The van der Waals surface area contributed by atoms with Crippen LogP contribution >= 0.6 is 0 Å². The maximum Gasteiger partial charge on any atom is 0.243 e. The van der Waals surface area contributed by atoms with E-state index in [0.717, 1.165) is 15.1 Å². The number of fused-ring (bicyclic) bond motifs is 1. The van der Waals surface area contributed by atoms with Crippen molar-refractivity contribution in [3.05, 3.63) is 78.1 Å². The Morgan fingerprint density at radius 3 is 2.36 bits per heavy atom. The van der Waals surface area contributed by atoms with Crippen molar-refractivity contribution < 1.29 is 17.6 Å². The van der Waals surface area contributed by atoms with E-state index in [1.54, 1.807) is 31.3 Å². The Labute approximate surface area is 164 Å². The van der Waals surface area contributed by atoms with Crippen LogP contribution in [-0.2, 0) is 21.4 Å². The largest absolute Gasteiger partial charge is 0.340 e. The number of sulfonamides is 1. The summed E-state index contributed by atoms with van der Waals surface area (Å²) in [7, 11) is -0.880. The average molecular weight is 400 g/mol. The monoisotopic (exact) mass is 400 g/mol. The Morgan fingerprint density at radius 2 is 1.64 bits per heavy atom. The smallest absolute Gasteiger partial charge is 0.243 e. The number of carbonyl (C=O) groups excluding carboxylic acids is 1. The summed E-state index contributed by atoms with van der Waals surface area (Å²) in [5.41, 5.74) is 0.635. The molecule has 3 aromatic rings. The summed E-state index contributed by atoms with van der Waals surface area (Å²) in [6, 6.07) is 18.3. The van der Waals surface area contributed by atoms with Crippen molar-refractivity contribution in [1.82, 2.24) is 9.21 Å². The van der Waals surface area contributed by atoms with Crippen LogP contribution in [0.1, 0.15) is 5.56 Å². The Hall–Kier alpha value is -2.77. The van der Waals surface area contributed by atoms with Gasteiger partial charge in [-0.3, -0.25) is 4.79 Å². The van der Waals surface area contributed by atoms with Crippen LogP contribution in [0.2, 0.25) is 0 Å². The predicted molar refractivity (Wildman–Crippen MR) is 107 cm³/mol. The maximum absolute atomic E-state index is 13.3. The third-order valence-corrected chi connectivity index (χ3v) is 6.32. The van der Waals surface area contributed by atoms with E-state index >= 15 is 0 Å². The molecule has 0 saturated heterocycles. The highest BCUT2D eigenvalue weighted by molar-refractivity contribution is 7.89. The number of hydrogen-bond donors (Lipinski definition) is 0. The molecule has 146 valence electrons. The zero-order valence-corrected chi connectivity index (χ0v) is 16.5. The highest BCUT2D eigenvalue weighted by Gasteiger charge is 2.24. The molecule has 0 aliphatic rings. The lowest BCUT2D eigenvalue weighted by Gasteiger charge is -2.22. The van der Waals surface area contributed by atoms with Crippen molar-refractivity contribution >= 4 is 26.7 Å². The van der Waals surface area contributed by atoms with Gasteiger partial charge in [0.2, 0.25) is 15.9 Å². The highest BCUT2D eigenvalue weighted by Crippen LogP contribution is 2.21. The van der Waals surface area contributed by atoms with E-state index in [2.05, 4.69) is 0 Å². The van der Waals surface area contributed by atoms with Crippen molar-refractivity contribution in [1.29, 1.82) is 0 Å². The van der Waals surface area contributed by atoms with E-state index in [1.807, 2.05) is 24.3 Å². The summed E-state index contributed by atoms with van der Waals surface area (Å²) in [4.78, 5) is 14.0. The lowest BCUT2D eigenvalue weighted by atomic mass is 10.1. The van der Waals surface area contributed by atoms with Gasteiger partial charge in [0.05, 0.1) is 11.4 Å². The molecule has 3 aromatic carbocycles. The number of nitrogens with zero attached hydrogens (tertiary/aromatic N) is 2. The number of carbonyl (C=O) groups is 1. The molecule has 1 amide bonds. The molecular weight excluding hydrogens is 379 g/mol. The molecule has 0 fully saturated rings. The quantitative estimate of drug-likeness (QED) is 0.638. The molecule has 0 spiro atoms. The lowest BCUT2D eigenvalue weighted by Crippen LogP contribution is -2.39. The van der Waals surface area contributed by atoms with Gasteiger partial charge in [-0.15, -0.1) is 0 Å². The molecule has 0 bridgehead atoms. The summed E-state index contributed by atoms with van der Waals surface area (Å²) in [5, 5.41) is 1.75. The molecule has 0 heterocycles. The van der Waals surface area contributed by atoms with Crippen LogP contribution in [0.25, 0.3) is 10.8 Å². The van der Waals surface area contributed by atoms with Gasteiger partial charge >= 0.3 is 0 Å². The molecule has 3 rings (SSSR count). The molecule has 0 N–H and O–H groups in total. The Bertz CT molecular complexity index is 1120. The first kappa shape index (κ1) is 20.0. The number of likely N-dealkylation sites (N-methyl/N-ethyl adjacent to an activating group) is 2. The van der Waals surface area contributed by atoms with Crippen LogP contribution in [0.15, 0.2) is 71.6 Å². The average Bonchev–Trinajstić information content (AvgIpc) is 2.67. The third kappa shape index (κ3) is 4.37. The molecule has 0 aliphatic heterocycles. The second-order valence-electron chi connectivity index (χ2n) is 6.65. The molecular formula is C21H21FN2O3S. The fourth-order valence-corrected chi connectivity index (χ4v) is 4.06. The van der Waals surface area contributed by atoms with Crippen LogP contribution in [0, 0.1) is 5.82 Å². The van der Waals surface area contributed by atoms with E-state index in [4.69, 9.17) is 0 Å². The summed E-state index contributed by atoms with van der Waals surface area (Å²) in [5.74, 6) is -0.759. The van der Waals surface area contributed by atoms with Gasteiger partial charge in [-0.25, -0.2) is 12.8 Å². The van der Waals surface area contributed by atoms with Gasteiger partial charge in [-0.05, 0) is 40.6 Å². The SMILES string of the molecule is CN(Cc1cccc(F)c1)C(=O)CN(C)S(=O)(=O)c1ccc2ccccc2c1. The van der Waals surface area contributed by atoms with Crippen LogP contribution in [0.3, 0.4) is 0 Å². The van der Waals surface area contributed by atoms with Gasteiger partial charge in [0.1, 0.15) is 5.82 Å². The molecule has 28 heavy (non-hydrogen) atoms. The van der Waals surface area contributed by atoms with Crippen molar-refractivity contribution in [3.8, 4) is 0 Å². The van der Waals surface area contributed by atoms with E-state index in [0.29, 0.717) is 5.56 Å². The van der Waals surface area contributed by atoms with Gasteiger partial charge in [0, 0.05) is 20.6 Å². The Morgan fingerprint density at radius 1 is 0.929 bits per heavy atom. The first-order valence-corrected chi connectivity index (χ1v) is 10.1. The summed E-state index contributed by atoms with van der Waals surface area (Å²) < 4.78 is 40.0. The van der Waals surface area contributed by atoms with Gasteiger partial charge in [-0.1, -0.05) is 42.5 Å². The van der Waals surface area contributed by atoms with Crippen molar-refractivity contribution in [3.63, 3.8) is 0 Å². The molecule has 0 unspecified atom stereocenters. The Balaban J connectivity index is 1.72. The number of amides is 1. The van der Waals surface area contributed by atoms with Crippen LogP contribution < -0.4 is 0 Å². The van der Waals surface area contributed by atoms with Crippen LogP contribution in [0.5, 0.6) is 0 Å². The molecule has 0 aromatic heterocycles. The minimum absolute atomic E-state index is 0.134. The molecule has 0 aliphatic carbocycles. The fourth-order valence-electron chi connectivity index (χ4n) is 2.90. The second kappa shape index (κ2) is 8.08. The lowest BCUT2D eigenvalue weighted by molar-refractivity contribution is -0.130. The number of rotatable bonds is 6. The van der Waals surface area contributed by atoms with Crippen LogP contribution in [-0.4, -0.2) is 44.2 Å². The number of benzene rings is 3. The van der Waals surface area contributed by atoms with Gasteiger partial charge in [0.15, 0.2) is 0 Å². The van der Waals surface area contributed by atoms with E-state index in [-0.39, 0.29) is 29.7 Å². The molecule has 0 radical (unpaired) electrons. The summed E-state index contributed by atoms with van der Waals surface area (Å²) in [6.07, 6.45) is 0. The zero-order chi connectivity index (χ0) is 20.3. The molecule has 0 atom stereocenters. The highest BCUT2D eigenvalue weighted by atomic mass is 32.2. The minimum Gasteiger partial charge on any atom is -0.340 e.